The van der Waals surface area contributed by atoms with E-state index >= 15 is 0 Å². The van der Waals surface area contributed by atoms with Crippen LogP contribution in [-0.4, -0.2) is 51.3 Å². The number of rotatable bonds is 8. The monoisotopic (exact) mass is 217 g/mol. The number of methoxy groups -OCH3 is 1. The SMILES string of the molecule is CCCOCCN(C)CC(C)C(=O)OC. The summed E-state index contributed by atoms with van der Waals surface area (Å²) in [5.74, 6) is -0.234. The molecular weight excluding hydrogens is 194 g/mol. The maximum atomic E-state index is 11.1. The van der Waals surface area contributed by atoms with Crippen molar-refractivity contribution in [3.8, 4) is 0 Å². The van der Waals surface area contributed by atoms with Crippen LogP contribution >= 0.6 is 0 Å². The van der Waals surface area contributed by atoms with E-state index < -0.39 is 0 Å². The second kappa shape index (κ2) is 8.68. The molecule has 4 heteroatoms. The molecule has 0 aromatic heterocycles. The predicted octanol–water partition coefficient (Wildman–Crippen LogP) is 1.15. The summed E-state index contributed by atoms with van der Waals surface area (Å²) in [4.78, 5) is 13.2. The van der Waals surface area contributed by atoms with Gasteiger partial charge in [-0.3, -0.25) is 4.79 Å². The number of hydrogen-bond acceptors (Lipinski definition) is 4. The highest BCUT2D eigenvalue weighted by molar-refractivity contribution is 5.71. The molecule has 0 aromatic carbocycles. The summed E-state index contributed by atoms with van der Waals surface area (Å²) in [7, 11) is 3.40. The van der Waals surface area contributed by atoms with Crippen molar-refractivity contribution in [2.45, 2.75) is 20.3 Å². The third-order valence-electron chi connectivity index (χ3n) is 2.15. The zero-order valence-corrected chi connectivity index (χ0v) is 10.3. The van der Waals surface area contributed by atoms with Crippen LogP contribution in [0.5, 0.6) is 0 Å². The molecule has 0 rings (SSSR count). The first-order valence-corrected chi connectivity index (χ1v) is 5.45. The normalized spacial score (nSPS) is 12.9. The molecule has 0 bridgehead atoms. The Kier molecular flexibility index (Phi) is 8.33. The molecule has 0 amide bonds. The maximum absolute atomic E-state index is 11.1. The first-order valence-electron chi connectivity index (χ1n) is 5.45. The maximum Gasteiger partial charge on any atom is 0.309 e. The van der Waals surface area contributed by atoms with E-state index in [1.54, 1.807) is 0 Å². The summed E-state index contributed by atoms with van der Waals surface area (Å²) in [5.41, 5.74) is 0. The minimum absolute atomic E-state index is 0.0776. The van der Waals surface area contributed by atoms with Gasteiger partial charge in [-0.1, -0.05) is 13.8 Å². The lowest BCUT2D eigenvalue weighted by Crippen LogP contribution is -2.31. The van der Waals surface area contributed by atoms with Crippen LogP contribution in [0.15, 0.2) is 0 Å². The average Bonchev–Trinajstić information content (AvgIpc) is 2.23. The van der Waals surface area contributed by atoms with Gasteiger partial charge in [0, 0.05) is 19.7 Å². The molecule has 4 nitrogen and oxygen atoms in total. The fraction of sp³-hybridized carbons (Fsp3) is 0.909. The lowest BCUT2D eigenvalue weighted by molar-refractivity contribution is -0.145. The molecule has 0 N–H and O–H groups in total. The number of ether oxygens (including phenoxy) is 2. The standard InChI is InChI=1S/C11H23NO3/c1-5-7-15-8-6-12(3)9-10(2)11(13)14-4/h10H,5-9H2,1-4H3. The molecule has 1 unspecified atom stereocenters. The van der Waals surface area contributed by atoms with Crippen LogP contribution in [0.4, 0.5) is 0 Å². The van der Waals surface area contributed by atoms with Crippen LogP contribution in [-0.2, 0) is 14.3 Å². The van der Waals surface area contributed by atoms with E-state index in [9.17, 15) is 4.79 Å². The number of esters is 1. The number of likely N-dealkylation sites (N-methyl/N-ethyl adjacent to an activating group) is 1. The molecule has 0 aliphatic rings. The van der Waals surface area contributed by atoms with E-state index in [1.165, 1.54) is 7.11 Å². The van der Waals surface area contributed by atoms with Crippen molar-refractivity contribution in [2.75, 3.05) is 40.5 Å². The van der Waals surface area contributed by atoms with E-state index in [0.29, 0.717) is 6.54 Å². The smallest absolute Gasteiger partial charge is 0.309 e. The Bertz CT molecular complexity index is 173. The van der Waals surface area contributed by atoms with Crippen molar-refractivity contribution in [3.05, 3.63) is 0 Å². The highest BCUT2D eigenvalue weighted by Gasteiger charge is 2.14. The molecule has 0 spiro atoms. The number of hydrogen-bond donors (Lipinski definition) is 0. The van der Waals surface area contributed by atoms with Crippen LogP contribution in [0.1, 0.15) is 20.3 Å². The molecule has 0 saturated carbocycles. The largest absolute Gasteiger partial charge is 0.469 e. The van der Waals surface area contributed by atoms with Gasteiger partial charge in [0.2, 0.25) is 0 Å². The highest BCUT2D eigenvalue weighted by Crippen LogP contribution is 2.00. The van der Waals surface area contributed by atoms with E-state index in [4.69, 9.17) is 4.74 Å². The van der Waals surface area contributed by atoms with E-state index in [2.05, 4.69) is 16.6 Å². The molecule has 1 atom stereocenters. The van der Waals surface area contributed by atoms with Crippen molar-refractivity contribution in [3.63, 3.8) is 0 Å². The van der Waals surface area contributed by atoms with Crippen molar-refractivity contribution in [2.24, 2.45) is 5.92 Å². The Morgan fingerprint density at radius 2 is 2.07 bits per heavy atom. The van der Waals surface area contributed by atoms with Crippen molar-refractivity contribution in [1.29, 1.82) is 0 Å². The van der Waals surface area contributed by atoms with E-state index in [1.807, 2.05) is 14.0 Å². The first-order chi connectivity index (χ1) is 7.11. The number of carbonyl (C=O) groups excluding carboxylic acids is 1. The molecule has 90 valence electrons. The Morgan fingerprint density at radius 3 is 2.60 bits per heavy atom. The molecule has 0 saturated heterocycles. The minimum atomic E-state index is -0.156. The van der Waals surface area contributed by atoms with Gasteiger partial charge in [-0.2, -0.15) is 0 Å². The third-order valence-corrected chi connectivity index (χ3v) is 2.15. The lowest BCUT2D eigenvalue weighted by Gasteiger charge is -2.19. The van der Waals surface area contributed by atoms with Gasteiger partial charge in [-0.05, 0) is 13.5 Å². The minimum Gasteiger partial charge on any atom is -0.469 e. The summed E-state index contributed by atoms with van der Waals surface area (Å²) in [5, 5.41) is 0. The van der Waals surface area contributed by atoms with Crippen molar-refractivity contribution >= 4 is 5.97 Å². The van der Waals surface area contributed by atoms with Crippen LogP contribution < -0.4 is 0 Å². The Labute approximate surface area is 92.5 Å². The van der Waals surface area contributed by atoms with Gasteiger partial charge in [-0.25, -0.2) is 0 Å². The molecule has 0 aliphatic carbocycles. The molecule has 15 heavy (non-hydrogen) atoms. The van der Waals surface area contributed by atoms with Crippen LogP contribution in [0, 0.1) is 5.92 Å². The van der Waals surface area contributed by atoms with Gasteiger partial charge >= 0.3 is 5.97 Å². The van der Waals surface area contributed by atoms with Crippen LogP contribution in [0.2, 0.25) is 0 Å². The van der Waals surface area contributed by atoms with Crippen molar-refractivity contribution in [1.82, 2.24) is 4.90 Å². The second-order valence-corrected chi connectivity index (χ2v) is 3.80. The number of nitrogens with zero attached hydrogens (tertiary/aromatic N) is 1. The predicted molar refractivity (Wildman–Crippen MR) is 59.8 cm³/mol. The summed E-state index contributed by atoms with van der Waals surface area (Å²) >= 11 is 0. The van der Waals surface area contributed by atoms with E-state index in [0.717, 1.165) is 26.2 Å². The summed E-state index contributed by atoms with van der Waals surface area (Å²) in [6, 6.07) is 0. The molecular formula is C11H23NO3. The van der Waals surface area contributed by atoms with Gasteiger partial charge in [-0.15, -0.1) is 0 Å². The molecule has 0 aromatic rings. The van der Waals surface area contributed by atoms with Crippen LogP contribution in [0.3, 0.4) is 0 Å². The topological polar surface area (TPSA) is 38.8 Å². The molecule has 0 radical (unpaired) electrons. The Hall–Kier alpha value is -0.610. The quantitative estimate of drug-likeness (QED) is 0.451. The van der Waals surface area contributed by atoms with Gasteiger partial charge in [0.1, 0.15) is 0 Å². The fourth-order valence-corrected chi connectivity index (χ4v) is 1.30. The zero-order valence-electron chi connectivity index (χ0n) is 10.3. The van der Waals surface area contributed by atoms with Crippen LogP contribution in [0.25, 0.3) is 0 Å². The first kappa shape index (κ1) is 14.4. The lowest BCUT2D eigenvalue weighted by atomic mass is 10.2. The van der Waals surface area contributed by atoms with E-state index in [-0.39, 0.29) is 11.9 Å². The third kappa shape index (κ3) is 7.33. The average molecular weight is 217 g/mol. The number of carbonyl (C=O) groups is 1. The van der Waals surface area contributed by atoms with Gasteiger partial charge in [0.15, 0.2) is 0 Å². The molecule has 0 heterocycles. The molecule has 0 aliphatic heterocycles. The summed E-state index contributed by atoms with van der Waals surface area (Å²) < 4.78 is 10.0. The highest BCUT2D eigenvalue weighted by atomic mass is 16.5. The van der Waals surface area contributed by atoms with Gasteiger partial charge in [0.25, 0.3) is 0 Å². The summed E-state index contributed by atoms with van der Waals surface area (Å²) in [6.45, 7) is 7.04. The Balaban J connectivity index is 3.55. The van der Waals surface area contributed by atoms with Gasteiger partial charge < -0.3 is 14.4 Å². The van der Waals surface area contributed by atoms with Gasteiger partial charge in [0.05, 0.1) is 19.6 Å². The second-order valence-electron chi connectivity index (χ2n) is 3.80. The molecule has 0 fully saturated rings. The fourth-order valence-electron chi connectivity index (χ4n) is 1.30. The van der Waals surface area contributed by atoms with Crippen molar-refractivity contribution < 1.29 is 14.3 Å². The Morgan fingerprint density at radius 1 is 1.40 bits per heavy atom. The zero-order chi connectivity index (χ0) is 11.7. The summed E-state index contributed by atoms with van der Waals surface area (Å²) in [6.07, 6.45) is 1.04.